The normalized spacial score (nSPS) is 10.2. The molecule has 2 rings (SSSR count). The van der Waals surface area contributed by atoms with E-state index < -0.39 is 5.82 Å². The lowest BCUT2D eigenvalue weighted by molar-refractivity contribution is -0.116. The number of benzene rings is 2. The highest BCUT2D eigenvalue weighted by molar-refractivity contribution is 6.30. The molecule has 0 heterocycles. The summed E-state index contributed by atoms with van der Waals surface area (Å²) >= 11 is 5.75. The van der Waals surface area contributed by atoms with E-state index in [1.807, 2.05) is 0 Å². The Kier molecular flexibility index (Phi) is 6.14. The van der Waals surface area contributed by atoms with Crippen molar-refractivity contribution in [1.82, 2.24) is 5.32 Å². The van der Waals surface area contributed by atoms with Crippen LogP contribution in [0, 0.1) is 5.82 Å². The monoisotopic (exact) mass is 350 g/mol. The van der Waals surface area contributed by atoms with Crippen molar-refractivity contribution in [3.8, 4) is 5.75 Å². The maximum Gasteiger partial charge on any atom is 0.251 e. The summed E-state index contributed by atoms with van der Waals surface area (Å²) in [7, 11) is 0. The molecule has 3 N–H and O–H groups in total. The molecule has 7 heteroatoms. The van der Waals surface area contributed by atoms with E-state index in [0.29, 0.717) is 23.6 Å². The summed E-state index contributed by atoms with van der Waals surface area (Å²) in [5.74, 6) is -1.55. The van der Waals surface area contributed by atoms with Gasteiger partial charge < -0.3 is 15.7 Å². The smallest absolute Gasteiger partial charge is 0.251 e. The molecule has 0 spiro atoms. The zero-order valence-electron chi connectivity index (χ0n) is 12.7. The molecule has 0 saturated heterocycles. The zero-order valence-corrected chi connectivity index (χ0v) is 13.4. The summed E-state index contributed by atoms with van der Waals surface area (Å²) in [6.07, 6.45) is 0.534. The first-order valence-corrected chi connectivity index (χ1v) is 7.65. The van der Waals surface area contributed by atoms with Crippen LogP contribution in [0.4, 0.5) is 10.1 Å². The average molecular weight is 351 g/mol. The zero-order chi connectivity index (χ0) is 17.5. The van der Waals surface area contributed by atoms with Crippen LogP contribution >= 0.6 is 11.6 Å². The molecule has 0 bridgehead atoms. The van der Waals surface area contributed by atoms with Crippen LogP contribution in [-0.4, -0.2) is 23.5 Å². The Bertz CT molecular complexity index is 735. The molecule has 2 amide bonds. The van der Waals surface area contributed by atoms with Crippen LogP contribution in [0.5, 0.6) is 5.75 Å². The Hall–Kier alpha value is -2.60. The summed E-state index contributed by atoms with van der Waals surface area (Å²) in [4.78, 5) is 23.6. The fourth-order valence-corrected chi connectivity index (χ4v) is 2.10. The van der Waals surface area contributed by atoms with E-state index in [9.17, 15) is 14.0 Å². The van der Waals surface area contributed by atoms with Gasteiger partial charge in [-0.1, -0.05) is 11.6 Å². The first-order valence-electron chi connectivity index (χ1n) is 7.28. The molecular weight excluding hydrogens is 335 g/mol. The van der Waals surface area contributed by atoms with Crippen molar-refractivity contribution in [2.45, 2.75) is 12.8 Å². The summed E-state index contributed by atoms with van der Waals surface area (Å²) in [6, 6.07) is 9.94. The van der Waals surface area contributed by atoms with E-state index >= 15 is 0 Å². The number of rotatable bonds is 6. The summed E-state index contributed by atoms with van der Waals surface area (Å²) in [5, 5.41) is 14.8. The fraction of sp³-hybridized carbons (Fsp3) is 0.176. The highest BCUT2D eigenvalue weighted by Crippen LogP contribution is 2.19. The first-order chi connectivity index (χ1) is 11.5. The van der Waals surface area contributed by atoms with Crippen LogP contribution in [0.1, 0.15) is 23.2 Å². The number of carbonyl (C=O) groups is 2. The minimum Gasteiger partial charge on any atom is -0.508 e. The van der Waals surface area contributed by atoms with Crippen molar-refractivity contribution in [3.63, 3.8) is 0 Å². The van der Waals surface area contributed by atoms with Crippen molar-refractivity contribution in [1.29, 1.82) is 0 Å². The maximum atomic E-state index is 13.5. The lowest BCUT2D eigenvalue weighted by atomic mass is 10.2. The van der Waals surface area contributed by atoms with E-state index in [4.69, 9.17) is 16.7 Å². The maximum absolute atomic E-state index is 13.5. The molecule has 0 fully saturated rings. The number of anilines is 1. The molecule has 24 heavy (non-hydrogen) atoms. The van der Waals surface area contributed by atoms with Gasteiger partial charge >= 0.3 is 0 Å². The molecule has 126 valence electrons. The first kappa shape index (κ1) is 17.7. The van der Waals surface area contributed by atoms with Crippen molar-refractivity contribution in [2.75, 3.05) is 11.9 Å². The average Bonchev–Trinajstić information content (AvgIpc) is 2.55. The van der Waals surface area contributed by atoms with Gasteiger partial charge in [-0.05, 0) is 42.8 Å². The molecule has 0 aliphatic rings. The Labute approximate surface area is 143 Å². The highest BCUT2D eigenvalue weighted by Gasteiger charge is 2.08. The van der Waals surface area contributed by atoms with Crippen LogP contribution in [0.15, 0.2) is 42.5 Å². The van der Waals surface area contributed by atoms with Gasteiger partial charge in [0.05, 0.1) is 5.69 Å². The number of phenolic OH excluding ortho intramolecular Hbond substituents is 1. The van der Waals surface area contributed by atoms with Crippen LogP contribution in [0.25, 0.3) is 0 Å². The van der Waals surface area contributed by atoms with Gasteiger partial charge in [0.1, 0.15) is 11.6 Å². The predicted molar refractivity (Wildman–Crippen MR) is 89.7 cm³/mol. The van der Waals surface area contributed by atoms with E-state index in [2.05, 4.69) is 10.6 Å². The van der Waals surface area contributed by atoms with E-state index in [-0.39, 0.29) is 29.7 Å². The second kappa shape index (κ2) is 8.31. The largest absolute Gasteiger partial charge is 0.508 e. The molecule has 5 nitrogen and oxygen atoms in total. The van der Waals surface area contributed by atoms with Gasteiger partial charge in [0.2, 0.25) is 5.91 Å². The lowest BCUT2D eigenvalue weighted by Gasteiger charge is -2.08. The molecule has 0 saturated carbocycles. The third-order valence-electron chi connectivity index (χ3n) is 3.20. The van der Waals surface area contributed by atoms with Gasteiger partial charge in [0.15, 0.2) is 0 Å². The number of amides is 2. The van der Waals surface area contributed by atoms with Crippen molar-refractivity contribution >= 4 is 29.1 Å². The second-order valence-electron chi connectivity index (χ2n) is 5.08. The van der Waals surface area contributed by atoms with Crippen LogP contribution in [0.3, 0.4) is 0 Å². The summed E-state index contributed by atoms with van der Waals surface area (Å²) < 4.78 is 13.5. The molecule has 0 aliphatic heterocycles. The minimum atomic E-state index is -0.709. The van der Waals surface area contributed by atoms with Crippen LogP contribution < -0.4 is 10.6 Å². The molecular formula is C17H16ClFN2O3. The Morgan fingerprint density at radius 2 is 1.83 bits per heavy atom. The van der Waals surface area contributed by atoms with Gasteiger partial charge in [0.25, 0.3) is 5.91 Å². The SMILES string of the molecule is O=C(CCCNC(=O)c1ccc(Cl)cc1)Nc1ccc(O)cc1F. The molecule has 0 atom stereocenters. The standard InChI is InChI=1S/C17H16ClFN2O3/c18-12-5-3-11(4-6-12)17(24)20-9-1-2-16(23)21-15-8-7-13(22)10-14(15)19/h3-8,10,22H,1-2,9H2,(H,20,24)(H,21,23). The van der Waals surface area contributed by atoms with Crippen LogP contribution in [-0.2, 0) is 4.79 Å². The second-order valence-corrected chi connectivity index (χ2v) is 5.52. The molecule has 2 aromatic rings. The predicted octanol–water partition coefficient (Wildman–Crippen LogP) is 3.33. The molecule has 0 aliphatic carbocycles. The molecule has 0 radical (unpaired) electrons. The summed E-state index contributed by atoms with van der Waals surface area (Å²) in [6.45, 7) is 0.312. The van der Waals surface area contributed by atoms with Gasteiger partial charge in [-0.25, -0.2) is 4.39 Å². The van der Waals surface area contributed by atoms with Crippen molar-refractivity contribution in [2.24, 2.45) is 0 Å². The minimum absolute atomic E-state index is 0.00278. The lowest BCUT2D eigenvalue weighted by Crippen LogP contribution is -2.25. The number of phenols is 1. The topological polar surface area (TPSA) is 78.4 Å². The fourth-order valence-electron chi connectivity index (χ4n) is 1.97. The number of halogens is 2. The number of carbonyl (C=O) groups excluding carboxylic acids is 2. The van der Waals surface area contributed by atoms with E-state index in [1.165, 1.54) is 12.1 Å². The quantitative estimate of drug-likeness (QED) is 0.552. The summed E-state index contributed by atoms with van der Waals surface area (Å²) in [5.41, 5.74) is 0.484. The molecule has 2 aromatic carbocycles. The molecule has 0 unspecified atom stereocenters. The number of hydrogen-bond acceptors (Lipinski definition) is 3. The molecule has 0 aromatic heterocycles. The van der Waals surface area contributed by atoms with Crippen LogP contribution in [0.2, 0.25) is 5.02 Å². The van der Waals surface area contributed by atoms with Gasteiger partial charge in [-0.15, -0.1) is 0 Å². The third kappa shape index (κ3) is 5.24. The Morgan fingerprint density at radius 1 is 1.12 bits per heavy atom. The number of hydrogen-bond donors (Lipinski definition) is 3. The highest BCUT2D eigenvalue weighted by atomic mass is 35.5. The van der Waals surface area contributed by atoms with E-state index in [0.717, 1.165) is 6.07 Å². The van der Waals surface area contributed by atoms with Gasteiger partial charge in [0, 0.05) is 29.6 Å². The third-order valence-corrected chi connectivity index (χ3v) is 3.45. The number of nitrogens with one attached hydrogen (secondary N) is 2. The Balaban J connectivity index is 1.72. The van der Waals surface area contributed by atoms with Gasteiger partial charge in [-0.3, -0.25) is 9.59 Å². The van der Waals surface area contributed by atoms with E-state index in [1.54, 1.807) is 24.3 Å². The number of aromatic hydroxyl groups is 1. The Morgan fingerprint density at radius 3 is 2.50 bits per heavy atom. The van der Waals surface area contributed by atoms with Crippen molar-refractivity contribution in [3.05, 3.63) is 58.9 Å². The van der Waals surface area contributed by atoms with Crippen molar-refractivity contribution < 1.29 is 19.1 Å². The van der Waals surface area contributed by atoms with Gasteiger partial charge in [-0.2, -0.15) is 0 Å².